The van der Waals surface area contributed by atoms with Crippen molar-refractivity contribution in [1.29, 1.82) is 0 Å². The molecule has 0 saturated heterocycles. The van der Waals surface area contributed by atoms with Crippen LogP contribution in [-0.2, 0) is 37.5 Å². The van der Waals surface area contributed by atoms with Crippen molar-refractivity contribution in [3.8, 4) is 0 Å². The van der Waals surface area contributed by atoms with Gasteiger partial charge in [-0.3, -0.25) is 23.4 Å². The fourth-order valence-corrected chi connectivity index (χ4v) is 7.14. The van der Waals surface area contributed by atoms with Crippen LogP contribution >= 0.6 is 7.82 Å². The number of carbonyl (C=O) groups is 3. The molecule has 0 aliphatic carbocycles. The number of amides is 1. The molecule has 2 N–H and O–H groups in total. The van der Waals surface area contributed by atoms with Crippen LogP contribution in [0.25, 0.3) is 0 Å². The third-order valence-corrected chi connectivity index (χ3v) is 10.7. The molecule has 0 rings (SSSR count). The van der Waals surface area contributed by atoms with E-state index in [-0.39, 0.29) is 32.6 Å². The molecule has 0 heterocycles. The number of esters is 2. The van der Waals surface area contributed by atoms with E-state index in [1.54, 1.807) is 0 Å². The Hall–Kier alpha value is -1.48. The van der Waals surface area contributed by atoms with E-state index in [1.165, 1.54) is 148 Å². The van der Waals surface area contributed by atoms with Gasteiger partial charge in [-0.05, 0) is 12.8 Å². The summed E-state index contributed by atoms with van der Waals surface area (Å²) in [7, 11) is -4.47. The number of unbranched alkanes of at least 4 members (excludes halogenated alkanes) is 28. The van der Waals surface area contributed by atoms with Crippen LogP contribution in [0.2, 0.25) is 0 Å². The lowest BCUT2D eigenvalue weighted by Gasteiger charge is -2.20. The average molecular weight is 776 g/mol. The first-order valence-electron chi connectivity index (χ1n) is 22.0. The zero-order valence-corrected chi connectivity index (χ0v) is 35.2. The minimum absolute atomic E-state index is 0.0337. The lowest BCUT2D eigenvalue weighted by molar-refractivity contribution is -0.161. The maximum absolute atomic E-state index is 12.6. The maximum atomic E-state index is 12.6. The minimum atomic E-state index is -4.47. The molecular weight excluding hydrogens is 693 g/mol. The van der Waals surface area contributed by atoms with Gasteiger partial charge in [0, 0.05) is 19.4 Å². The molecule has 0 saturated carbocycles. The van der Waals surface area contributed by atoms with E-state index in [0.29, 0.717) is 12.8 Å². The normalized spacial score (nSPS) is 13.0. The first kappa shape index (κ1) is 51.5. The fraction of sp³-hybridized carbons (Fsp3) is 0.929. The summed E-state index contributed by atoms with van der Waals surface area (Å²) >= 11 is 0. The average Bonchev–Trinajstić information content (AvgIpc) is 3.14. The zero-order valence-electron chi connectivity index (χ0n) is 34.3. The van der Waals surface area contributed by atoms with Gasteiger partial charge in [0.25, 0.3) is 0 Å². The number of phosphoric acid groups is 1. The second-order valence-electron chi connectivity index (χ2n) is 14.9. The summed E-state index contributed by atoms with van der Waals surface area (Å²) < 4.78 is 33.0. The number of rotatable bonds is 43. The summed E-state index contributed by atoms with van der Waals surface area (Å²) in [4.78, 5) is 45.4. The van der Waals surface area contributed by atoms with Crippen LogP contribution in [0.1, 0.15) is 219 Å². The van der Waals surface area contributed by atoms with Crippen molar-refractivity contribution in [3.05, 3.63) is 0 Å². The molecule has 2 atom stereocenters. The molecule has 0 fully saturated rings. The second-order valence-corrected chi connectivity index (χ2v) is 16.3. The van der Waals surface area contributed by atoms with Gasteiger partial charge < -0.3 is 19.7 Å². The zero-order chi connectivity index (χ0) is 38.9. The van der Waals surface area contributed by atoms with Crippen LogP contribution in [0.5, 0.6) is 0 Å². The number of nitrogens with one attached hydrogen (secondary N) is 1. The van der Waals surface area contributed by atoms with Crippen molar-refractivity contribution in [2.75, 3.05) is 26.4 Å². The summed E-state index contributed by atoms with van der Waals surface area (Å²) in [5, 5.41) is 2.33. The Labute approximate surface area is 325 Å². The van der Waals surface area contributed by atoms with E-state index < -0.39 is 32.5 Å². The number of ether oxygens (including phenoxy) is 2. The van der Waals surface area contributed by atoms with E-state index >= 15 is 0 Å². The predicted molar refractivity (Wildman–Crippen MR) is 216 cm³/mol. The third kappa shape index (κ3) is 40.0. The van der Waals surface area contributed by atoms with Crippen LogP contribution < -0.4 is 5.32 Å². The Morgan fingerprint density at radius 3 is 1.28 bits per heavy atom. The molecule has 0 aromatic heterocycles. The van der Waals surface area contributed by atoms with E-state index in [1.807, 2.05) is 0 Å². The van der Waals surface area contributed by atoms with Gasteiger partial charge in [0.1, 0.15) is 6.61 Å². The number of hydrogen-bond donors (Lipinski definition) is 2. The largest absolute Gasteiger partial charge is 0.472 e. The van der Waals surface area contributed by atoms with Crippen molar-refractivity contribution in [2.45, 2.75) is 225 Å². The molecule has 53 heavy (non-hydrogen) atoms. The SMILES string of the molecule is CCCCCCCCCCCCCCCCCC(=O)OC[C@H](COP(=O)(O)OCCNC=O)OC(=O)CCCCCCCCCCCCCCCCC. The highest BCUT2D eigenvalue weighted by molar-refractivity contribution is 7.47. The molecule has 1 unspecified atom stereocenters. The Kier molecular flexibility index (Phi) is 39.1. The van der Waals surface area contributed by atoms with Crippen LogP contribution in [0.3, 0.4) is 0 Å². The molecule has 314 valence electrons. The molecule has 0 aromatic rings. The van der Waals surface area contributed by atoms with E-state index in [2.05, 4.69) is 19.2 Å². The summed E-state index contributed by atoms with van der Waals surface area (Å²) in [6.07, 6.45) is 37.0. The monoisotopic (exact) mass is 776 g/mol. The topological polar surface area (TPSA) is 137 Å². The number of carbonyl (C=O) groups excluding carboxylic acids is 3. The van der Waals surface area contributed by atoms with Crippen LogP contribution in [-0.4, -0.2) is 55.7 Å². The van der Waals surface area contributed by atoms with E-state index in [9.17, 15) is 23.8 Å². The highest BCUT2D eigenvalue weighted by Crippen LogP contribution is 2.43. The minimum Gasteiger partial charge on any atom is -0.462 e. The fourth-order valence-electron chi connectivity index (χ4n) is 6.39. The second kappa shape index (κ2) is 40.2. The quantitative estimate of drug-likeness (QED) is 0.0268. The van der Waals surface area contributed by atoms with Gasteiger partial charge in [-0.1, -0.05) is 194 Å². The van der Waals surface area contributed by atoms with Crippen molar-refractivity contribution in [3.63, 3.8) is 0 Å². The van der Waals surface area contributed by atoms with Gasteiger partial charge >= 0.3 is 19.8 Å². The maximum Gasteiger partial charge on any atom is 0.472 e. The van der Waals surface area contributed by atoms with Gasteiger partial charge in [0.05, 0.1) is 13.2 Å². The molecule has 0 aliphatic rings. The molecule has 0 spiro atoms. The molecule has 0 radical (unpaired) electrons. The Morgan fingerprint density at radius 1 is 0.547 bits per heavy atom. The van der Waals surface area contributed by atoms with Gasteiger partial charge in [-0.2, -0.15) is 0 Å². The van der Waals surface area contributed by atoms with E-state index in [0.717, 1.165) is 38.5 Å². The van der Waals surface area contributed by atoms with Crippen molar-refractivity contribution >= 4 is 26.2 Å². The molecule has 0 aromatic carbocycles. The number of phosphoric ester groups is 1. The summed E-state index contributed by atoms with van der Waals surface area (Å²) in [5.74, 6) is -0.859. The van der Waals surface area contributed by atoms with E-state index in [4.69, 9.17) is 18.5 Å². The Morgan fingerprint density at radius 2 is 0.906 bits per heavy atom. The summed E-state index contributed by atoms with van der Waals surface area (Å²) in [5.41, 5.74) is 0. The summed E-state index contributed by atoms with van der Waals surface area (Å²) in [6.45, 7) is 3.58. The van der Waals surface area contributed by atoms with Gasteiger partial charge in [0.15, 0.2) is 6.10 Å². The van der Waals surface area contributed by atoms with Crippen molar-refractivity contribution < 1.29 is 42.4 Å². The Bertz CT molecular complexity index is 876. The van der Waals surface area contributed by atoms with Crippen molar-refractivity contribution in [2.24, 2.45) is 0 Å². The lowest BCUT2D eigenvalue weighted by Crippen LogP contribution is -2.29. The lowest BCUT2D eigenvalue weighted by atomic mass is 10.0. The van der Waals surface area contributed by atoms with Crippen molar-refractivity contribution in [1.82, 2.24) is 5.32 Å². The molecular formula is C42H82NO9P. The molecule has 10 nitrogen and oxygen atoms in total. The molecule has 11 heteroatoms. The predicted octanol–water partition coefficient (Wildman–Crippen LogP) is 11.8. The molecule has 1 amide bonds. The van der Waals surface area contributed by atoms with Gasteiger partial charge in [-0.15, -0.1) is 0 Å². The first-order chi connectivity index (χ1) is 25.8. The highest BCUT2D eigenvalue weighted by atomic mass is 31.2. The standard InChI is InChI=1S/C42H82NO9P/c1-3-5-7-9-11-13-15-17-19-21-23-25-27-29-31-33-41(45)49-37-40(38-51-53(47,48)50-36-35-43-39-44)52-42(46)34-32-30-28-26-24-22-20-18-16-14-12-10-8-6-4-2/h39-40H,3-38H2,1-2H3,(H,43,44)(H,47,48)/t40-/m1/s1. The molecule has 0 aliphatic heterocycles. The Balaban J connectivity index is 4.22. The third-order valence-electron chi connectivity index (χ3n) is 9.70. The summed E-state index contributed by atoms with van der Waals surface area (Å²) in [6, 6.07) is 0. The van der Waals surface area contributed by atoms with Crippen LogP contribution in [0, 0.1) is 0 Å². The van der Waals surface area contributed by atoms with Crippen LogP contribution in [0.15, 0.2) is 0 Å². The van der Waals surface area contributed by atoms with Gasteiger partial charge in [0.2, 0.25) is 6.41 Å². The molecule has 0 bridgehead atoms. The van der Waals surface area contributed by atoms with Crippen LogP contribution in [0.4, 0.5) is 0 Å². The first-order valence-corrected chi connectivity index (χ1v) is 23.5. The highest BCUT2D eigenvalue weighted by Gasteiger charge is 2.26. The smallest absolute Gasteiger partial charge is 0.462 e. The van der Waals surface area contributed by atoms with Gasteiger partial charge in [-0.25, -0.2) is 4.57 Å². The number of hydrogen-bond acceptors (Lipinski definition) is 8.